The van der Waals surface area contributed by atoms with Crippen LogP contribution in [-0.2, 0) is 6.54 Å². The maximum absolute atomic E-state index is 13.3. The topological polar surface area (TPSA) is 80.3 Å². The van der Waals surface area contributed by atoms with E-state index in [2.05, 4.69) is 15.6 Å². The summed E-state index contributed by atoms with van der Waals surface area (Å²) in [7, 11) is 0. The van der Waals surface area contributed by atoms with E-state index in [1.165, 1.54) is 12.1 Å². The molecule has 164 valence electrons. The first-order chi connectivity index (χ1) is 16.1. The molecule has 0 aliphatic heterocycles. The highest BCUT2D eigenvalue weighted by Gasteiger charge is 2.14. The first-order valence-electron chi connectivity index (χ1n) is 10.2. The van der Waals surface area contributed by atoms with E-state index in [9.17, 15) is 14.0 Å². The van der Waals surface area contributed by atoms with Crippen LogP contribution < -0.4 is 15.4 Å². The molecule has 1 aromatic heterocycles. The lowest BCUT2D eigenvalue weighted by atomic mass is 10.1. The van der Waals surface area contributed by atoms with Gasteiger partial charge in [0.15, 0.2) is 0 Å². The van der Waals surface area contributed by atoms with Gasteiger partial charge in [-0.3, -0.25) is 9.59 Å². The van der Waals surface area contributed by atoms with Crippen LogP contribution in [-0.4, -0.2) is 16.8 Å². The summed E-state index contributed by atoms with van der Waals surface area (Å²) in [6.07, 6.45) is 1.57. The number of anilines is 1. The van der Waals surface area contributed by atoms with Crippen molar-refractivity contribution in [2.45, 2.75) is 6.54 Å². The molecule has 0 atom stereocenters. The van der Waals surface area contributed by atoms with Crippen molar-refractivity contribution < 1.29 is 18.7 Å². The summed E-state index contributed by atoms with van der Waals surface area (Å²) in [5, 5.41) is 5.61. The molecule has 7 heteroatoms. The van der Waals surface area contributed by atoms with Crippen LogP contribution in [0.5, 0.6) is 11.6 Å². The number of rotatable bonds is 7. The summed E-state index contributed by atoms with van der Waals surface area (Å²) in [5.41, 5.74) is 2.02. The van der Waals surface area contributed by atoms with Gasteiger partial charge in [-0.2, -0.15) is 0 Å². The molecular formula is C26H20FN3O3. The molecule has 0 saturated heterocycles. The molecule has 0 saturated carbocycles. The number of carbonyl (C=O) groups is 2. The number of carbonyl (C=O) groups excluding carboxylic acids is 2. The predicted octanol–water partition coefficient (Wildman–Crippen LogP) is 5.20. The van der Waals surface area contributed by atoms with Gasteiger partial charge in [0.25, 0.3) is 11.8 Å². The van der Waals surface area contributed by atoms with Crippen LogP contribution >= 0.6 is 0 Å². The number of benzene rings is 3. The summed E-state index contributed by atoms with van der Waals surface area (Å²) in [4.78, 5) is 29.4. The van der Waals surface area contributed by atoms with E-state index in [-0.39, 0.29) is 18.4 Å². The standard InChI is InChI=1S/C26H20FN3O3/c27-20-9-6-10-21(15-20)33-24-14-13-18(16-28-24)17-29-26(32)22-11-4-5-12-23(22)30-25(31)19-7-2-1-3-8-19/h1-16H,17H2,(H,29,32)(H,30,31). The Hall–Kier alpha value is -4.52. The Morgan fingerprint density at radius 3 is 2.39 bits per heavy atom. The van der Waals surface area contributed by atoms with Crippen LogP contribution in [0.4, 0.5) is 10.1 Å². The lowest BCUT2D eigenvalue weighted by Gasteiger charge is -2.12. The Morgan fingerprint density at radius 2 is 1.64 bits per heavy atom. The van der Waals surface area contributed by atoms with E-state index in [0.29, 0.717) is 28.4 Å². The fourth-order valence-corrected chi connectivity index (χ4v) is 3.08. The van der Waals surface area contributed by atoms with Crippen LogP contribution in [0.15, 0.2) is 97.2 Å². The normalized spacial score (nSPS) is 10.3. The van der Waals surface area contributed by atoms with E-state index in [1.54, 1.807) is 79.0 Å². The predicted molar refractivity (Wildman–Crippen MR) is 123 cm³/mol. The lowest BCUT2D eigenvalue weighted by Crippen LogP contribution is -2.25. The van der Waals surface area contributed by atoms with Crippen molar-refractivity contribution in [1.82, 2.24) is 10.3 Å². The fraction of sp³-hybridized carbons (Fsp3) is 0.0385. The van der Waals surface area contributed by atoms with Gasteiger partial charge in [0.1, 0.15) is 11.6 Å². The Labute approximate surface area is 190 Å². The van der Waals surface area contributed by atoms with Crippen molar-refractivity contribution in [3.8, 4) is 11.6 Å². The third kappa shape index (κ3) is 5.80. The zero-order chi connectivity index (χ0) is 23.0. The Balaban J connectivity index is 1.37. The van der Waals surface area contributed by atoms with Gasteiger partial charge in [0.2, 0.25) is 5.88 Å². The Bertz CT molecular complexity index is 1260. The number of aromatic nitrogens is 1. The second-order valence-electron chi connectivity index (χ2n) is 7.11. The number of amides is 2. The number of ether oxygens (including phenoxy) is 1. The quantitative estimate of drug-likeness (QED) is 0.413. The van der Waals surface area contributed by atoms with Gasteiger partial charge in [-0.05, 0) is 42.0 Å². The maximum Gasteiger partial charge on any atom is 0.255 e. The lowest BCUT2D eigenvalue weighted by molar-refractivity contribution is 0.0951. The zero-order valence-electron chi connectivity index (χ0n) is 17.5. The number of hydrogen-bond acceptors (Lipinski definition) is 4. The van der Waals surface area contributed by atoms with Crippen LogP contribution in [0.1, 0.15) is 26.3 Å². The molecule has 4 aromatic rings. The summed E-state index contributed by atoms with van der Waals surface area (Å²) in [6, 6.07) is 24.7. The van der Waals surface area contributed by atoms with E-state index in [1.807, 2.05) is 6.07 Å². The van der Waals surface area contributed by atoms with Crippen LogP contribution in [0.2, 0.25) is 0 Å². The van der Waals surface area contributed by atoms with Crippen LogP contribution in [0, 0.1) is 5.82 Å². The maximum atomic E-state index is 13.3. The third-order valence-corrected chi connectivity index (χ3v) is 4.73. The smallest absolute Gasteiger partial charge is 0.255 e. The molecule has 0 bridgehead atoms. The molecule has 2 N–H and O–H groups in total. The van der Waals surface area contributed by atoms with Crippen molar-refractivity contribution in [3.05, 3.63) is 120 Å². The van der Waals surface area contributed by atoms with Crippen molar-refractivity contribution in [2.75, 3.05) is 5.32 Å². The SMILES string of the molecule is O=C(Nc1ccccc1C(=O)NCc1ccc(Oc2cccc(F)c2)nc1)c1ccccc1. The van der Waals surface area contributed by atoms with Gasteiger partial charge in [-0.25, -0.2) is 9.37 Å². The number of hydrogen-bond donors (Lipinski definition) is 2. The highest BCUT2D eigenvalue weighted by atomic mass is 19.1. The van der Waals surface area contributed by atoms with E-state index in [0.717, 1.165) is 5.56 Å². The third-order valence-electron chi connectivity index (χ3n) is 4.73. The summed E-state index contributed by atoms with van der Waals surface area (Å²) in [5.74, 6) is -0.373. The molecule has 0 unspecified atom stereocenters. The van der Waals surface area contributed by atoms with E-state index in [4.69, 9.17) is 4.74 Å². The second-order valence-corrected chi connectivity index (χ2v) is 7.11. The van der Waals surface area contributed by atoms with Gasteiger partial charge in [-0.1, -0.05) is 42.5 Å². The molecule has 2 amide bonds. The minimum Gasteiger partial charge on any atom is -0.439 e. The molecule has 6 nitrogen and oxygen atoms in total. The Kier molecular flexibility index (Phi) is 6.70. The summed E-state index contributed by atoms with van der Waals surface area (Å²) >= 11 is 0. The number of halogens is 1. The molecule has 0 aliphatic carbocycles. The minimum atomic E-state index is -0.396. The molecule has 1 heterocycles. The number of para-hydroxylation sites is 1. The molecule has 0 radical (unpaired) electrons. The van der Waals surface area contributed by atoms with Gasteiger partial charge >= 0.3 is 0 Å². The Morgan fingerprint density at radius 1 is 0.848 bits per heavy atom. The fourth-order valence-electron chi connectivity index (χ4n) is 3.08. The van der Waals surface area contributed by atoms with Crippen molar-refractivity contribution in [3.63, 3.8) is 0 Å². The average molecular weight is 441 g/mol. The van der Waals surface area contributed by atoms with E-state index >= 15 is 0 Å². The monoisotopic (exact) mass is 441 g/mol. The summed E-state index contributed by atoms with van der Waals surface area (Å²) in [6.45, 7) is 0.229. The summed E-state index contributed by atoms with van der Waals surface area (Å²) < 4.78 is 18.8. The average Bonchev–Trinajstić information content (AvgIpc) is 2.84. The zero-order valence-corrected chi connectivity index (χ0v) is 17.5. The number of nitrogens with zero attached hydrogens (tertiary/aromatic N) is 1. The molecule has 0 spiro atoms. The minimum absolute atomic E-state index is 0.229. The number of nitrogens with one attached hydrogen (secondary N) is 2. The highest BCUT2D eigenvalue weighted by Crippen LogP contribution is 2.20. The second kappa shape index (κ2) is 10.2. The van der Waals surface area contributed by atoms with Crippen molar-refractivity contribution in [1.29, 1.82) is 0 Å². The molecule has 0 fully saturated rings. The highest BCUT2D eigenvalue weighted by molar-refractivity contribution is 6.08. The molecule has 4 rings (SSSR count). The molecule has 0 aliphatic rings. The van der Waals surface area contributed by atoms with Gasteiger partial charge in [-0.15, -0.1) is 0 Å². The molecule has 33 heavy (non-hydrogen) atoms. The first kappa shape index (κ1) is 21.7. The van der Waals surface area contributed by atoms with E-state index < -0.39 is 5.82 Å². The van der Waals surface area contributed by atoms with Gasteiger partial charge in [0.05, 0.1) is 11.3 Å². The van der Waals surface area contributed by atoms with Gasteiger partial charge < -0.3 is 15.4 Å². The van der Waals surface area contributed by atoms with Crippen molar-refractivity contribution in [2.24, 2.45) is 0 Å². The van der Waals surface area contributed by atoms with Crippen LogP contribution in [0.25, 0.3) is 0 Å². The first-order valence-corrected chi connectivity index (χ1v) is 10.2. The molecular weight excluding hydrogens is 421 g/mol. The molecule has 3 aromatic carbocycles. The van der Waals surface area contributed by atoms with Crippen molar-refractivity contribution >= 4 is 17.5 Å². The largest absolute Gasteiger partial charge is 0.439 e. The van der Waals surface area contributed by atoms with Gasteiger partial charge in [0, 0.05) is 30.4 Å². The van der Waals surface area contributed by atoms with Crippen LogP contribution in [0.3, 0.4) is 0 Å². The number of pyridine rings is 1.